The lowest BCUT2D eigenvalue weighted by atomic mass is 9.46. The second kappa shape index (κ2) is 8.86. The van der Waals surface area contributed by atoms with Crippen molar-refractivity contribution in [1.82, 2.24) is 20.4 Å². The van der Waals surface area contributed by atoms with Crippen LogP contribution in [0.25, 0.3) is 5.69 Å². The Labute approximate surface area is 195 Å². The van der Waals surface area contributed by atoms with Gasteiger partial charge in [-0.1, -0.05) is 18.6 Å². The molecule has 2 N–H and O–H groups in total. The number of benzene rings is 1. The zero-order valence-electron chi connectivity index (χ0n) is 17.8. The first-order valence-electron chi connectivity index (χ1n) is 11.0. The molecule has 1 saturated heterocycles. The minimum atomic E-state index is 0. The van der Waals surface area contributed by atoms with Gasteiger partial charge in [0.2, 0.25) is 0 Å². The Hall–Kier alpha value is -1.61. The number of ether oxygens (including phenoxy) is 1. The molecule has 4 unspecified atom stereocenters. The lowest BCUT2D eigenvalue weighted by Crippen LogP contribution is -2.72. The van der Waals surface area contributed by atoms with E-state index in [9.17, 15) is 0 Å². The maximum absolute atomic E-state index is 6.07. The Kier molecular flexibility index (Phi) is 6.39. The van der Waals surface area contributed by atoms with Crippen LogP contribution in [-0.2, 0) is 4.74 Å². The summed E-state index contributed by atoms with van der Waals surface area (Å²) in [5.41, 5.74) is 2.64. The summed E-state index contributed by atoms with van der Waals surface area (Å²) in [6.07, 6.45) is 9.32. The SMILES string of the molecule is CCN=C(NC(C)c1cccc(-n2cccn2)c1)NC1C2CCOC2C12CCC2.I. The minimum absolute atomic E-state index is 0. The van der Waals surface area contributed by atoms with Gasteiger partial charge in [0.1, 0.15) is 0 Å². The zero-order valence-corrected chi connectivity index (χ0v) is 20.1. The first kappa shape index (κ1) is 21.6. The maximum atomic E-state index is 6.07. The normalized spacial score (nSPS) is 27.4. The molecule has 2 aromatic rings. The lowest BCUT2D eigenvalue weighted by Gasteiger charge is -2.63. The molecule has 0 amide bonds. The highest BCUT2D eigenvalue weighted by molar-refractivity contribution is 14.0. The van der Waals surface area contributed by atoms with E-state index in [0.717, 1.165) is 24.8 Å². The van der Waals surface area contributed by atoms with E-state index in [-0.39, 0.29) is 30.0 Å². The van der Waals surface area contributed by atoms with E-state index >= 15 is 0 Å². The number of rotatable bonds is 5. The van der Waals surface area contributed by atoms with Crippen molar-refractivity contribution in [2.75, 3.05) is 13.2 Å². The molecule has 162 valence electrons. The number of guanidine groups is 1. The Morgan fingerprint density at radius 1 is 1.37 bits per heavy atom. The second-order valence-electron chi connectivity index (χ2n) is 8.69. The molecular weight excluding hydrogens is 489 g/mol. The van der Waals surface area contributed by atoms with Crippen molar-refractivity contribution >= 4 is 29.9 Å². The van der Waals surface area contributed by atoms with Crippen molar-refractivity contribution in [3.8, 4) is 5.69 Å². The van der Waals surface area contributed by atoms with Crippen LogP contribution in [0.3, 0.4) is 0 Å². The molecule has 4 atom stereocenters. The first-order valence-corrected chi connectivity index (χ1v) is 11.0. The van der Waals surface area contributed by atoms with Gasteiger partial charge in [0.15, 0.2) is 5.96 Å². The molecule has 1 aromatic heterocycles. The molecule has 1 aliphatic heterocycles. The third-order valence-electron chi connectivity index (χ3n) is 7.14. The summed E-state index contributed by atoms with van der Waals surface area (Å²) in [7, 11) is 0. The van der Waals surface area contributed by atoms with E-state index in [1.807, 2.05) is 16.9 Å². The van der Waals surface area contributed by atoms with Crippen LogP contribution in [0, 0.1) is 11.3 Å². The molecular formula is C23H32IN5O. The van der Waals surface area contributed by atoms with Crippen LogP contribution >= 0.6 is 24.0 Å². The Morgan fingerprint density at radius 2 is 2.23 bits per heavy atom. The predicted octanol–water partition coefficient (Wildman–Crippen LogP) is 4.06. The molecule has 6 nitrogen and oxygen atoms in total. The molecule has 30 heavy (non-hydrogen) atoms. The topological polar surface area (TPSA) is 63.5 Å². The summed E-state index contributed by atoms with van der Waals surface area (Å²) in [5, 5.41) is 11.8. The second-order valence-corrected chi connectivity index (χ2v) is 8.69. The fourth-order valence-corrected chi connectivity index (χ4v) is 5.54. The van der Waals surface area contributed by atoms with Crippen LogP contribution < -0.4 is 10.6 Å². The summed E-state index contributed by atoms with van der Waals surface area (Å²) < 4.78 is 7.97. The summed E-state index contributed by atoms with van der Waals surface area (Å²) >= 11 is 0. The van der Waals surface area contributed by atoms with Crippen LogP contribution in [-0.4, -0.2) is 41.0 Å². The number of halogens is 1. The van der Waals surface area contributed by atoms with Gasteiger partial charge in [-0.3, -0.25) is 4.99 Å². The molecule has 5 rings (SSSR count). The summed E-state index contributed by atoms with van der Waals surface area (Å²) in [4.78, 5) is 4.76. The number of nitrogens with zero attached hydrogens (tertiary/aromatic N) is 3. The van der Waals surface area contributed by atoms with Gasteiger partial charge in [-0.2, -0.15) is 5.10 Å². The van der Waals surface area contributed by atoms with Crippen molar-refractivity contribution in [3.63, 3.8) is 0 Å². The summed E-state index contributed by atoms with van der Waals surface area (Å²) in [6.45, 7) is 5.96. The van der Waals surface area contributed by atoms with Gasteiger partial charge in [-0.05, 0) is 56.9 Å². The fraction of sp³-hybridized carbons (Fsp3) is 0.565. The molecule has 1 aromatic carbocycles. The number of nitrogens with one attached hydrogen (secondary N) is 2. The molecule has 1 spiro atoms. The van der Waals surface area contributed by atoms with Crippen LogP contribution in [0.15, 0.2) is 47.7 Å². The van der Waals surface area contributed by atoms with E-state index in [1.165, 1.54) is 31.2 Å². The zero-order chi connectivity index (χ0) is 19.8. The number of fused-ring (bicyclic) bond motifs is 2. The van der Waals surface area contributed by atoms with Gasteiger partial charge in [0.05, 0.1) is 17.8 Å². The maximum Gasteiger partial charge on any atom is 0.191 e. The molecule has 3 aliphatic rings. The fourth-order valence-electron chi connectivity index (χ4n) is 5.54. The monoisotopic (exact) mass is 521 g/mol. The van der Waals surface area contributed by atoms with Gasteiger partial charge in [-0.25, -0.2) is 4.68 Å². The van der Waals surface area contributed by atoms with E-state index < -0.39 is 0 Å². The lowest BCUT2D eigenvalue weighted by molar-refractivity contribution is -0.171. The molecule has 2 saturated carbocycles. The van der Waals surface area contributed by atoms with Crippen molar-refractivity contribution in [3.05, 3.63) is 48.3 Å². The number of aliphatic imine (C=N–C) groups is 1. The quantitative estimate of drug-likeness (QED) is 0.354. The van der Waals surface area contributed by atoms with Crippen LogP contribution in [0.2, 0.25) is 0 Å². The van der Waals surface area contributed by atoms with E-state index in [2.05, 4.69) is 53.8 Å². The smallest absolute Gasteiger partial charge is 0.191 e. The van der Waals surface area contributed by atoms with Crippen LogP contribution in [0.5, 0.6) is 0 Å². The molecule has 7 heteroatoms. The van der Waals surface area contributed by atoms with Gasteiger partial charge in [0.25, 0.3) is 0 Å². The van der Waals surface area contributed by atoms with E-state index in [1.54, 1.807) is 6.20 Å². The van der Waals surface area contributed by atoms with Gasteiger partial charge < -0.3 is 15.4 Å². The van der Waals surface area contributed by atoms with Gasteiger partial charge >= 0.3 is 0 Å². The molecule has 0 bridgehead atoms. The number of aromatic nitrogens is 2. The highest BCUT2D eigenvalue weighted by Gasteiger charge is 2.66. The molecule has 2 heterocycles. The van der Waals surface area contributed by atoms with Crippen molar-refractivity contribution in [2.45, 2.75) is 57.7 Å². The van der Waals surface area contributed by atoms with Gasteiger partial charge in [0, 0.05) is 42.9 Å². The molecule has 3 fully saturated rings. The van der Waals surface area contributed by atoms with Crippen molar-refractivity contribution < 1.29 is 4.74 Å². The molecule has 2 aliphatic carbocycles. The average molecular weight is 521 g/mol. The first-order chi connectivity index (χ1) is 14.2. The third kappa shape index (κ3) is 3.64. The van der Waals surface area contributed by atoms with Crippen molar-refractivity contribution in [2.24, 2.45) is 16.3 Å². The third-order valence-corrected chi connectivity index (χ3v) is 7.14. The van der Waals surface area contributed by atoms with E-state index in [0.29, 0.717) is 23.5 Å². The van der Waals surface area contributed by atoms with E-state index in [4.69, 9.17) is 9.73 Å². The highest BCUT2D eigenvalue weighted by atomic mass is 127. The largest absolute Gasteiger partial charge is 0.377 e. The van der Waals surface area contributed by atoms with Crippen molar-refractivity contribution in [1.29, 1.82) is 0 Å². The van der Waals surface area contributed by atoms with Gasteiger partial charge in [-0.15, -0.1) is 24.0 Å². The highest BCUT2D eigenvalue weighted by Crippen LogP contribution is 2.62. The Balaban J connectivity index is 0.00000218. The van der Waals surface area contributed by atoms with Crippen LogP contribution in [0.1, 0.15) is 51.1 Å². The van der Waals surface area contributed by atoms with Crippen LogP contribution in [0.4, 0.5) is 0 Å². The predicted molar refractivity (Wildman–Crippen MR) is 130 cm³/mol. The summed E-state index contributed by atoms with van der Waals surface area (Å²) in [5.74, 6) is 1.56. The Bertz CT molecular complexity index is 879. The Morgan fingerprint density at radius 3 is 2.93 bits per heavy atom. The standard InChI is InChI=1S/C23H31N5O.HI/c1-3-24-22(27-20-19-9-14-29-21(19)23(20)10-5-11-23)26-16(2)17-7-4-8-18(15-17)28-13-6-12-25-28;/h4,6-8,12-13,15-16,19-21H,3,5,9-11,14H2,1-2H3,(H2,24,26,27);1H. The number of hydrogen-bond acceptors (Lipinski definition) is 3. The average Bonchev–Trinajstić information content (AvgIpc) is 3.36. The summed E-state index contributed by atoms with van der Waals surface area (Å²) in [6, 6.07) is 11.1. The minimum Gasteiger partial charge on any atom is -0.377 e. The molecule has 0 radical (unpaired) electrons. The number of hydrogen-bond donors (Lipinski definition) is 2.